The number of rotatable bonds is 6. The minimum atomic E-state index is -0.558. The molecule has 0 aliphatic carbocycles. The number of hydrogen-bond donors (Lipinski definition) is 2. The molecule has 1 saturated heterocycles. The van der Waals surface area contributed by atoms with Crippen molar-refractivity contribution in [3.8, 4) is 5.75 Å². The van der Waals surface area contributed by atoms with E-state index in [1.165, 1.54) is 0 Å². The zero-order chi connectivity index (χ0) is 20.1. The van der Waals surface area contributed by atoms with Crippen LogP contribution in [0.4, 0.5) is 4.79 Å². The zero-order valence-electron chi connectivity index (χ0n) is 16.8. The lowest BCUT2D eigenvalue weighted by Gasteiger charge is -2.34. The number of likely N-dealkylation sites (tertiary alicyclic amines) is 1. The summed E-state index contributed by atoms with van der Waals surface area (Å²) in [7, 11) is 1.60. The molecule has 7 heteroatoms. The fourth-order valence-electron chi connectivity index (χ4n) is 3.68. The Morgan fingerprint density at radius 2 is 1.89 bits per heavy atom. The predicted octanol–water partition coefficient (Wildman–Crippen LogP) is 2.60. The molecule has 1 aromatic carbocycles. The molecule has 2 aliphatic heterocycles. The van der Waals surface area contributed by atoms with Gasteiger partial charge in [0.25, 0.3) is 0 Å². The van der Waals surface area contributed by atoms with Gasteiger partial charge >= 0.3 is 12.0 Å². The van der Waals surface area contributed by atoms with E-state index in [4.69, 9.17) is 9.47 Å². The molecule has 7 nitrogen and oxygen atoms in total. The number of carbonyl (C=O) groups is 2. The van der Waals surface area contributed by atoms with Gasteiger partial charge in [0.1, 0.15) is 5.75 Å². The summed E-state index contributed by atoms with van der Waals surface area (Å²) in [4.78, 5) is 27.4. The van der Waals surface area contributed by atoms with E-state index >= 15 is 0 Å². The molecule has 3 rings (SSSR count). The van der Waals surface area contributed by atoms with Crippen LogP contribution < -0.4 is 15.4 Å². The molecule has 1 aromatic rings. The molecule has 152 valence electrons. The second kappa shape index (κ2) is 9.10. The molecule has 0 aromatic heterocycles. The average Bonchev–Trinajstić information content (AvgIpc) is 2.69. The van der Waals surface area contributed by atoms with Crippen molar-refractivity contribution in [1.82, 2.24) is 15.5 Å². The number of carbonyl (C=O) groups excluding carboxylic acids is 2. The highest BCUT2D eigenvalue weighted by molar-refractivity contribution is 5.95. The molecule has 2 aliphatic rings. The van der Waals surface area contributed by atoms with Gasteiger partial charge < -0.3 is 20.1 Å². The summed E-state index contributed by atoms with van der Waals surface area (Å²) >= 11 is 0. The average molecular weight is 387 g/mol. The summed E-state index contributed by atoms with van der Waals surface area (Å²) in [6, 6.07) is 6.48. The molecular weight excluding hydrogens is 358 g/mol. The summed E-state index contributed by atoms with van der Waals surface area (Å²) < 4.78 is 10.5. The molecule has 1 unspecified atom stereocenters. The van der Waals surface area contributed by atoms with E-state index in [-0.39, 0.29) is 12.6 Å². The first-order valence-corrected chi connectivity index (χ1v) is 9.85. The van der Waals surface area contributed by atoms with Crippen molar-refractivity contribution < 1.29 is 19.1 Å². The maximum absolute atomic E-state index is 12.8. The number of nitrogens with zero attached hydrogens (tertiary/aromatic N) is 1. The summed E-state index contributed by atoms with van der Waals surface area (Å²) in [5.41, 5.74) is 1.89. The fraction of sp³-hybridized carbons (Fsp3) is 0.524. The van der Waals surface area contributed by atoms with Crippen LogP contribution in [0.25, 0.3) is 0 Å². The minimum Gasteiger partial charge on any atom is -0.497 e. The van der Waals surface area contributed by atoms with Crippen molar-refractivity contribution in [3.63, 3.8) is 0 Å². The van der Waals surface area contributed by atoms with Gasteiger partial charge in [-0.25, -0.2) is 9.59 Å². The maximum Gasteiger partial charge on any atom is 0.338 e. The number of methoxy groups -OCH3 is 1. The van der Waals surface area contributed by atoms with Crippen molar-refractivity contribution in [3.05, 3.63) is 41.1 Å². The third-order valence-electron chi connectivity index (χ3n) is 5.36. The molecule has 0 radical (unpaired) electrons. The van der Waals surface area contributed by atoms with Crippen molar-refractivity contribution in [2.24, 2.45) is 5.92 Å². The Labute approximate surface area is 166 Å². The molecule has 2 N–H and O–H groups in total. The van der Waals surface area contributed by atoms with Crippen LogP contribution in [0.5, 0.6) is 5.75 Å². The van der Waals surface area contributed by atoms with Gasteiger partial charge in [0, 0.05) is 12.2 Å². The Morgan fingerprint density at radius 1 is 1.21 bits per heavy atom. The highest BCUT2D eigenvalue weighted by Gasteiger charge is 2.34. The third-order valence-corrected chi connectivity index (χ3v) is 5.36. The van der Waals surface area contributed by atoms with Crippen LogP contribution in [-0.4, -0.2) is 50.3 Å². The maximum atomic E-state index is 12.8. The molecule has 28 heavy (non-hydrogen) atoms. The van der Waals surface area contributed by atoms with Crippen LogP contribution in [0.15, 0.2) is 35.5 Å². The van der Waals surface area contributed by atoms with Gasteiger partial charge in [0.15, 0.2) is 0 Å². The molecule has 1 atom stereocenters. The van der Waals surface area contributed by atoms with Crippen LogP contribution in [0.1, 0.15) is 38.3 Å². The largest absolute Gasteiger partial charge is 0.497 e. The van der Waals surface area contributed by atoms with E-state index < -0.39 is 12.0 Å². The van der Waals surface area contributed by atoms with Crippen LogP contribution in [-0.2, 0) is 9.53 Å². The molecule has 0 saturated carbocycles. The summed E-state index contributed by atoms with van der Waals surface area (Å²) in [6.07, 6.45) is 2.24. The van der Waals surface area contributed by atoms with E-state index in [1.807, 2.05) is 24.3 Å². The van der Waals surface area contributed by atoms with Crippen molar-refractivity contribution >= 4 is 12.0 Å². The van der Waals surface area contributed by atoms with Gasteiger partial charge in [0.2, 0.25) is 0 Å². The summed E-state index contributed by atoms with van der Waals surface area (Å²) in [5.74, 6) is 1.02. The number of amides is 2. The zero-order valence-corrected chi connectivity index (χ0v) is 16.8. The first-order chi connectivity index (χ1) is 13.5. The number of hydrogen-bond acceptors (Lipinski definition) is 5. The van der Waals surface area contributed by atoms with E-state index in [0.29, 0.717) is 29.5 Å². The van der Waals surface area contributed by atoms with E-state index in [1.54, 1.807) is 14.0 Å². The Kier molecular flexibility index (Phi) is 6.57. The van der Waals surface area contributed by atoms with Gasteiger partial charge in [0.05, 0.1) is 25.3 Å². The van der Waals surface area contributed by atoms with Crippen molar-refractivity contribution in [1.29, 1.82) is 0 Å². The fourth-order valence-corrected chi connectivity index (χ4v) is 3.68. The number of piperidine rings is 1. The quantitative estimate of drug-likeness (QED) is 0.734. The normalized spacial score (nSPS) is 21.1. The van der Waals surface area contributed by atoms with E-state index in [0.717, 1.165) is 31.5 Å². The SMILES string of the molecule is CCOC(=O)C1=C(CN2CCC(C)CC2)NC(=O)NC1c1ccc(OC)cc1. The first kappa shape index (κ1) is 20.2. The summed E-state index contributed by atoms with van der Waals surface area (Å²) in [6.45, 7) is 6.75. The van der Waals surface area contributed by atoms with Crippen molar-refractivity contribution in [2.45, 2.75) is 32.7 Å². The second-order valence-corrected chi connectivity index (χ2v) is 7.38. The van der Waals surface area contributed by atoms with Crippen LogP contribution in [0.2, 0.25) is 0 Å². The van der Waals surface area contributed by atoms with Gasteiger partial charge in [-0.2, -0.15) is 0 Å². The van der Waals surface area contributed by atoms with Crippen LogP contribution in [0.3, 0.4) is 0 Å². The third kappa shape index (κ3) is 4.65. The lowest BCUT2D eigenvalue weighted by molar-refractivity contribution is -0.139. The number of esters is 1. The predicted molar refractivity (Wildman–Crippen MR) is 106 cm³/mol. The first-order valence-electron chi connectivity index (χ1n) is 9.85. The minimum absolute atomic E-state index is 0.278. The van der Waals surface area contributed by atoms with Gasteiger partial charge in [-0.05, 0) is 56.5 Å². The van der Waals surface area contributed by atoms with Crippen LogP contribution >= 0.6 is 0 Å². The number of ether oxygens (including phenoxy) is 2. The highest BCUT2D eigenvalue weighted by Crippen LogP contribution is 2.30. The lowest BCUT2D eigenvalue weighted by atomic mass is 9.94. The monoisotopic (exact) mass is 387 g/mol. The number of urea groups is 1. The Morgan fingerprint density at radius 3 is 2.50 bits per heavy atom. The molecule has 0 bridgehead atoms. The standard InChI is InChI=1S/C21H29N3O4/c1-4-28-20(25)18-17(13-24-11-9-14(2)10-12-24)22-21(26)23-19(18)15-5-7-16(27-3)8-6-15/h5-8,14,19H,4,9-13H2,1-3H3,(H2,22,23,26). The molecular formula is C21H29N3O4. The molecule has 0 spiro atoms. The van der Waals surface area contributed by atoms with E-state index in [9.17, 15) is 9.59 Å². The van der Waals surface area contributed by atoms with Crippen LogP contribution in [0, 0.1) is 5.92 Å². The molecule has 2 heterocycles. The van der Waals surface area contributed by atoms with Gasteiger partial charge in [-0.15, -0.1) is 0 Å². The Bertz CT molecular complexity index is 737. The van der Waals surface area contributed by atoms with Gasteiger partial charge in [-0.3, -0.25) is 4.90 Å². The summed E-state index contributed by atoms with van der Waals surface area (Å²) in [5, 5.41) is 5.71. The number of benzene rings is 1. The topological polar surface area (TPSA) is 79.9 Å². The van der Waals surface area contributed by atoms with E-state index in [2.05, 4.69) is 22.5 Å². The highest BCUT2D eigenvalue weighted by atomic mass is 16.5. The van der Waals surface area contributed by atoms with Gasteiger partial charge in [-0.1, -0.05) is 19.1 Å². The molecule has 2 amide bonds. The smallest absolute Gasteiger partial charge is 0.338 e. The Hall–Kier alpha value is -2.54. The Balaban J connectivity index is 1.93. The molecule has 1 fully saturated rings. The second-order valence-electron chi connectivity index (χ2n) is 7.38. The number of nitrogens with one attached hydrogen (secondary N) is 2. The van der Waals surface area contributed by atoms with Crippen molar-refractivity contribution in [2.75, 3.05) is 33.4 Å². The lowest BCUT2D eigenvalue weighted by Crippen LogP contribution is -2.49.